The molecule has 0 radical (unpaired) electrons. The van der Waals surface area contributed by atoms with E-state index in [1.165, 1.54) is 12.7 Å². The topological polar surface area (TPSA) is 50.6 Å². The van der Waals surface area contributed by atoms with Gasteiger partial charge in [0, 0.05) is 63.6 Å². The van der Waals surface area contributed by atoms with Crippen molar-refractivity contribution in [3.63, 3.8) is 0 Å². The standard InChI is InChI=1S/C31H35FN4O2/c1-31(2,32)22-35-18-16-34(17-19-35)20-23-4-8-25(9-5-23)27-12-14-33-29-28(27)13-15-36(29)21-24-6-10-26(11-7-24)30(37)38-3/h4-15H,16-22H2,1-3H3. The molecule has 0 aliphatic carbocycles. The number of alkyl halides is 1. The molecule has 0 amide bonds. The van der Waals surface area contributed by atoms with Crippen LogP contribution in [0, 0.1) is 0 Å². The van der Waals surface area contributed by atoms with Crippen LogP contribution in [0.4, 0.5) is 4.39 Å². The van der Waals surface area contributed by atoms with Gasteiger partial charge in [-0.05, 0) is 60.4 Å². The molecule has 0 atom stereocenters. The molecule has 5 rings (SSSR count). The minimum absolute atomic E-state index is 0.333. The van der Waals surface area contributed by atoms with Crippen molar-refractivity contribution in [1.29, 1.82) is 0 Å². The van der Waals surface area contributed by atoms with E-state index in [1.807, 2.05) is 18.3 Å². The third kappa shape index (κ3) is 6.11. The van der Waals surface area contributed by atoms with Gasteiger partial charge in [-0.1, -0.05) is 36.4 Å². The van der Waals surface area contributed by atoms with Crippen LogP contribution in [0.25, 0.3) is 22.2 Å². The number of pyridine rings is 1. The van der Waals surface area contributed by atoms with Gasteiger partial charge in [0.1, 0.15) is 11.3 Å². The molecule has 1 aliphatic heterocycles. The van der Waals surface area contributed by atoms with Crippen molar-refractivity contribution < 1.29 is 13.9 Å². The van der Waals surface area contributed by atoms with Crippen LogP contribution in [0.15, 0.2) is 73.1 Å². The van der Waals surface area contributed by atoms with Gasteiger partial charge < -0.3 is 9.30 Å². The van der Waals surface area contributed by atoms with Crippen molar-refractivity contribution >= 4 is 17.0 Å². The number of ether oxygens (including phenoxy) is 1. The average molecular weight is 515 g/mol. The van der Waals surface area contributed by atoms with Gasteiger partial charge in [0.2, 0.25) is 0 Å². The molecule has 0 bridgehead atoms. The maximum Gasteiger partial charge on any atom is 0.337 e. The second-order valence-corrected chi connectivity index (χ2v) is 10.7. The SMILES string of the molecule is COC(=O)c1ccc(Cn2ccc3c(-c4ccc(CN5CCN(CC(C)(C)F)CC5)cc4)ccnc32)cc1. The number of aromatic nitrogens is 2. The van der Waals surface area contributed by atoms with Crippen molar-refractivity contribution in [3.8, 4) is 11.1 Å². The van der Waals surface area contributed by atoms with Crippen molar-refractivity contribution in [1.82, 2.24) is 19.4 Å². The molecule has 198 valence electrons. The van der Waals surface area contributed by atoms with Gasteiger partial charge in [-0.2, -0.15) is 0 Å². The summed E-state index contributed by atoms with van der Waals surface area (Å²) in [5.74, 6) is -0.333. The lowest BCUT2D eigenvalue weighted by molar-refractivity contribution is 0.0600. The normalized spacial score (nSPS) is 15.2. The number of halogens is 1. The van der Waals surface area contributed by atoms with Gasteiger partial charge in [-0.15, -0.1) is 0 Å². The number of hydrogen-bond donors (Lipinski definition) is 0. The molecule has 38 heavy (non-hydrogen) atoms. The van der Waals surface area contributed by atoms with E-state index in [0.717, 1.165) is 60.4 Å². The number of benzene rings is 2. The van der Waals surface area contributed by atoms with E-state index in [1.54, 1.807) is 26.0 Å². The van der Waals surface area contributed by atoms with Crippen molar-refractivity contribution in [3.05, 3.63) is 89.7 Å². The Kier molecular flexibility index (Phi) is 7.58. The predicted octanol–water partition coefficient (Wildman–Crippen LogP) is 5.40. The van der Waals surface area contributed by atoms with E-state index in [4.69, 9.17) is 4.74 Å². The van der Waals surface area contributed by atoms with Crippen molar-refractivity contribution in [2.24, 2.45) is 0 Å². The number of fused-ring (bicyclic) bond motifs is 1. The number of esters is 1. The Balaban J connectivity index is 1.25. The molecule has 0 unspecified atom stereocenters. The van der Waals surface area contributed by atoms with Gasteiger partial charge in [0.15, 0.2) is 0 Å². The minimum Gasteiger partial charge on any atom is -0.465 e. The van der Waals surface area contributed by atoms with Crippen LogP contribution in [0.1, 0.15) is 35.3 Å². The van der Waals surface area contributed by atoms with Gasteiger partial charge in [0.25, 0.3) is 0 Å². The zero-order chi connectivity index (χ0) is 26.7. The quantitative estimate of drug-likeness (QED) is 0.295. The molecular weight excluding hydrogens is 479 g/mol. The first kappa shape index (κ1) is 26.1. The first-order valence-corrected chi connectivity index (χ1v) is 13.1. The predicted molar refractivity (Wildman–Crippen MR) is 149 cm³/mol. The third-order valence-electron chi connectivity index (χ3n) is 7.13. The average Bonchev–Trinajstić information content (AvgIpc) is 3.32. The van der Waals surface area contributed by atoms with E-state index in [2.05, 4.69) is 61.9 Å². The first-order chi connectivity index (χ1) is 18.3. The number of hydrogen-bond acceptors (Lipinski definition) is 5. The summed E-state index contributed by atoms with van der Waals surface area (Å²) >= 11 is 0. The Bertz CT molecular complexity index is 1380. The molecule has 4 aromatic rings. The number of rotatable bonds is 8. The summed E-state index contributed by atoms with van der Waals surface area (Å²) < 4.78 is 20.9. The molecule has 2 aromatic heterocycles. The molecule has 1 aliphatic rings. The molecular formula is C31H35FN4O2. The van der Waals surface area contributed by atoms with Gasteiger partial charge >= 0.3 is 5.97 Å². The minimum atomic E-state index is -1.14. The highest BCUT2D eigenvalue weighted by molar-refractivity contribution is 5.93. The molecule has 3 heterocycles. The summed E-state index contributed by atoms with van der Waals surface area (Å²) in [6.07, 6.45) is 3.92. The van der Waals surface area contributed by atoms with Crippen LogP contribution >= 0.6 is 0 Å². The Labute approximate surface area is 223 Å². The number of carbonyl (C=O) groups excluding carboxylic acids is 1. The van der Waals surface area contributed by atoms with Crippen LogP contribution in [-0.2, 0) is 17.8 Å². The molecule has 2 aromatic carbocycles. The van der Waals surface area contributed by atoms with Gasteiger partial charge in [-0.3, -0.25) is 9.80 Å². The zero-order valence-electron chi connectivity index (χ0n) is 22.4. The second-order valence-electron chi connectivity index (χ2n) is 10.7. The maximum absolute atomic E-state index is 14.0. The number of piperazine rings is 1. The molecule has 1 saturated heterocycles. The third-order valence-corrected chi connectivity index (χ3v) is 7.13. The molecule has 0 spiro atoms. The highest BCUT2D eigenvalue weighted by atomic mass is 19.1. The number of methoxy groups -OCH3 is 1. The van der Waals surface area contributed by atoms with E-state index in [9.17, 15) is 9.18 Å². The van der Waals surface area contributed by atoms with Crippen molar-refractivity contribution in [2.75, 3.05) is 39.8 Å². The van der Waals surface area contributed by atoms with E-state index in [-0.39, 0.29) is 5.97 Å². The lowest BCUT2D eigenvalue weighted by atomic mass is 10.0. The van der Waals surface area contributed by atoms with Crippen LogP contribution in [0.2, 0.25) is 0 Å². The smallest absolute Gasteiger partial charge is 0.337 e. The fourth-order valence-electron chi connectivity index (χ4n) is 5.22. The van der Waals surface area contributed by atoms with E-state index in [0.29, 0.717) is 18.7 Å². The van der Waals surface area contributed by atoms with Crippen LogP contribution in [0.5, 0.6) is 0 Å². The highest BCUT2D eigenvalue weighted by Gasteiger charge is 2.24. The molecule has 1 fully saturated rings. The Morgan fingerprint density at radius 2 is 1.53 bits per heavy atom. The fourth-order valence-corrected chi connectivity index (χ4v) is 5.22. The Morgan fingerprint density at radius 1 is 0.895 bits per heavy atom. The molecule has 6 nitrogen and oxygen atoms in total. The first-order valence-electron chi connectivity index (χ1n) is 13.1. The summed E-state index contributed by atoms with van der Waals surface area (Å²) in [4.78, 5) is 21.0. The van der Waals surface area contributed by atoms with Crippen LogP contribution < -0.4 is 0 Å². The van der Waals surface area contributed by atoms with Gasteiger partial charge in [-0.25, -0.2) is 14.2 Å². The Hall–Kier alpha value is -3.55. The highest BCUT2D eigenvalue weighted by Crippen LogP contribution is 2.29. The summed E-state index contributed by atoms with van der Waals surface area (Å²) in [7, 11) is 1.39. The largest absolute Gasteiger partial charge is 0.465 e. The summed E-state index contributed by atoms with van der Waals surface area (Å²) in [6, 6.07) is 20.5. The summed E-state index contributed by atoms with van der Waals surface area (Å²) in [6.45, 7) is 9.11. The second kappa shape index (κ2) is 11.1. The molecule has 0 saturated carbocycles. The lowest BCUT2D eigenvalue weighted by Gasteiger charge is -2.36. The molecule has 7 heteroatoms. The number of nitrogens with zero attached hydrogens (tertiary/aromatic N) is 4. The van der Waals surface area contributed by atoms with Gasteiger partial charge in [0.05, 0.1) is 12.7 Å². The monoisotopic (exact) mass is 514 g/mol. The molecule has 0 N–H and O–H groups in total. The van der Waals surface area contributed by atoms with Crippen LogP contribution in [0.3, 0.4) is 0 Å². The lowest BCUT2D eigenvalue weighted by Crippen LogP contribution is -2.49. The summed E-state index contributed by atoms with van der Waals surface area (Å²) in [5.41, 5.74) is 5.01. The number of carbonyl (C=O) groups is 1. The van der Waals surface area contributed by atoms with Crippen molar-refractivity contribution in [2.45, 2.75) is 32.6 Å². The zero-order valence-corrected chi connectivity index (χ0v) is 22.4. The van der Waals surface area contributed by atoms with Crippen LogP contribution in [-0.4, -0.2) is 70.8 Å². The maximum atomic E-state index is 14.0. The van der Waals surface area contributed by atoms with E-state index < -0.39 is 5.67 Å². The Morgan fingerprint density at radius 3 is 2.18 bits per heavy atom. The summed E-state index contributed by atoms with van der Waals surface area (Å²) in [5, 5.41) is 1.11. The fraction of sp³-hybridized carbons (Fsp3) is 0.355. The van der Waals surface area contributed by atoms with E-state index >= 15 is 0 Å².